The van der Waals surface area contributed by atoms with E-state index in [4.69, 9.17) is 8.83 Å². The molecule has 0 aliphatic heterocycles. The fraction of sp³-hybridized carbons (Fsp3) is 0.500. The minimum atomic E-state index is 0.609. The zero-order chi connectivity index (χ0) is 13.7. The van der Waals surface area contributed by atoms with E-state index in [2.05, 4.69) is 24.1 Å². The molecule has 2 aromatic heterocycles. The molecule has 0 radical (unpaired) electrons. The van der Waals surface area contributed by atoms with Crippen molar-refractivity contribution in [1.82, 2.24) is 10.3 Å². The van der Waals surface area contributed by atoms with Crippen molar-refractivity contribution in [3.63, 3.8) is 0 Å². The van der Waals surface area contributed by atoms with Crippen LogP contribution in [0.4, 0.5) is 6.01 Å². The smallest absolute Gasteiger partial charge is 0.297 e. The summed E-state index contributed by atoms with van der Waals surface area (Å²) in [5.74, 6) is 1.52. The van der Waals surface area contributed by atoms with Gasteiger partial charge in [0.05, 0.1) is 18.5 Å². The van der Waals surface area contributed by atoms with E-state index >= 15 is 0 Å². The third kappa shape index (κ3) is 4.13. The van der Waals surface area contributed by atoms with Gasteiger partial charge in [0.1, 0.15) is 12.0 Å². The summed E-state index contributed by atoms with van der Waals surface area (Å²) in [5, 5.41) is 3.34. The van der Waals surface area contributed by atoms with E-state index in [1.807, 2.05) is 24.1 Å². The van der Waals surface area contributed by atoms with Crippen LogP contribution in [0, 0.1) is 5.92 Å². The highest BCUT2D eigenvalue weighted by molar-refractivity contribution is 5.26. The largest absolute Gasteiger partial charge is 0.467 e. The molecule has 104 valence electrons. The van der Waals surface area contributed by atoms with Gasteiger partial charge in [-0.25, -0.2) is 0 Å². The van der Waals surface area contributed by atoms with Crippen LogP contribution in [0.3, 0.4) is 0 Å². The van der Waals surface area contributed by atoms with Gasteiger partial charge >= 0.3 is 0 Å². The summed E-state index contributed by atoms with van der Waals surface area (Å²) in [5.41, 5.74) is 0.918. The summed E-state index contributed by atoms with van der Waals surface area (Å²) in [4.78, 5) is 6.36. The van der Waals surface area contributed by atoms with Gasteiger partial charge < -0.3 is 19.1 Å². The Morgan fingerprint density at radius 2 is 2.21 bits per heavy atom. The second kappa shape index (κ2) is 6.43. The Morgan fingerprint density at radius 1 is 1.37 bits per heavy atom. The number of furan rings is 1. The highest BCUT2D eigenvalue weighted by atomic mass is 16.4. The summed E-state index contributed by atoms with van der Waals surface area (Å²) in [6, 6.07) is 4.42. The van der Waals surface area contributed by atoms with Crippen LogP contribution in [0.1, 0.15) is 25.3 Å². The third-order valence-corrected chi connectivity index (χ3v) is 2.70. The highest BCUT2D eigenvalue weighted by Crippen LogP contribution is 2.15. The van der Waals surface area contributed by atoms with E-state index in [9.17, 15) is 0 Å². The summed E-state index contributed by atoms with van der Waals surface area (Å²) < 4.78 is 10.8. The maximum Gasteiger partial charge on any atom is 0.297 e. The quantitative estimate of drug-likeness (QED) is 0.832. The Labute approximate surface area is 113 Å². The van der Waals surface area contributed by atoms with Gasteiger partial charge in [-0.05, 0) is 24.6 Å². The second-order valence-corrected chi connectivity index (χ2v) is 5.08. The molecular weight excluding hydrogens is 242 g/mol. The van der Waals surface area contributed by atoms with Crippen molar-refractivity contribution in [3.8, 4) is 0 Å². The van der Waals surface area contributed by atoms with E-state index in [0.717, 1.165) is 24.5 Å². The Hall–Kier alpha value is -1.75. The van der Waals surface area contributed by atoms with Gasteiger partial charge in [0.25, 0.3) is 6.01 Å². The lowest BCUT2D eigenvalue weighted by atomic mass is 10.2. The van der Waals surface area contributed by atoms with Crippen LogP contribution in [-0.2, 0) is 13.1 Å². The fourth-order valence-corrected chi connectivity index (χ4v) is 1.75. The predicted octanol–water partition coefficient (Wildman–Crippen LogP) is 2.65. The van der Waals surface area contributed by atoms with Crippen molar-refractivity contribution < 1.29 is 8.83 Å². The predicted molar refractivity (Wildman–Crippen MR) is 73.9 cm³/mol. The van der Waals surface area contributed by atoms with E-state index < -0.39 is 0 Å². The summed E-state index contributed by atoms with van der Waals surface area (Å²) in [6.07, 6.45) is 3.36. The van der Waals surface area contributed by atoms with Gasteiger partial charge in [0, 0.05) is 13.6 Å². The summed E-state index contributed by atoms with van der Waals surface area (Å²) in [6.45, 7) is 6.71. The number of oxazole rings is 1. The number of hydrogen-bond donors (Lipinski definition) is 1. The fourth-order valence-electron chi connectivity index (χ4n) is 1.75. The third-order valence-electron chi connectivity index (χ3n) is 2.70. The van der Waals surface area contributed by atoms with E-state index in [0.29, 0.717) is 18.5 Å². The topological polar surface area (TPSA) is 54.4 Å². The molecule has 2 aromatic rings. The molecule has 5 nitrogen and oxygen atoms in total. The Kier molecular flexibility index (Phi) is 4.63. The molecular formula is C14H21N3O2. The molecule has 1 N–H and O–H groups in total. The molecule has 2 rings (SSSR count). The first-order valence-electron chi connectivity index (χ1n) is 6.54. The molecule has 0 atom stereocenters. The second-order valence-electron chi connectivity index (χ2n) is 5.08. The van der Waals surface area contributed by atoms with E-state index in [1.54, 1.807) is 12.5 Å². The van der Waals surface area contributed by atoms with Crippen molar-refractivity contribution in [2.45, 2.75) is 26.9 Å². The van der Waals surface area contributed by atoms with Gasteiger partial charge in [-0.15, -0.1) is 0 Å². The lowest BCUT2D eigenvalue weighted by Gasteiger charge is -2.11. The first-order chi connectivity index (χ1) is 9.15. The van der Waals surface area contributed by atoms with Gasteiger partial charge in [0.2, 0.25) is 0 Å². The van der Waals surface area contributed by atoms with Crippen LogP contribution < -0.4 is 10.2 Å². The Balaban J connectivity index is 1.85. The number of aromatic nitrogens is 1. The molecule has 0 spiro atoms. The number of anilines is 1. The number of nitrogens with zero attached hydrogens (tertiary/aromatic N) is 2. The first-order valence-corrected chi connectivity index (χ1v) is 6.54. The molecule has 0 amide bonds. The Morgan fingerprint density at radius 3 is 2.89 bits per heavy atom. The average Bonchev–Trinajstić information content (AvgIpc) is 2.99. The molecule has 5 heteroatoms. The molecule has 0 saturated carbocycles. The van der Waals surface area contributed by atoms with Crippen LogP contribution in [0.25, 0.3) is 0 Å². The SMILES string of the molecule is CC(C)CNCc1coc(N(C)Cc2ccco2)n1. The molecule has 0 aliphatic rings. The number of hydrogen-bond acceptors (Lipinski definition) is 5. The van der Waals surface area contributed by atoms with Crippen LogP contribution in [0.15, 0.2) is 33.5 Å². The van der Waals surface area contributed by atoms with Gasteiger partial charge in [-0.1, -0.05) is 13.8 Å². The molecule has 0 aromatic carbocycles. The van der Waals surface area contributed by atoms with Crippen LogP contribution in [0.5, 0.6) is 0 Å². The lowest BCUT2D eigenvalue weighted by molar-refractivity contribution is 0.488. The minimum absolute atomic E-state index is 0.609. The highest BCUT2D eigenvalue weighted by Gasteiger charge is 2.10. The molecule has 0 bridgehead atoms. The standard InChI is InChI=1S/C14H21N3O2/c1-11(2)7-15-8-12-10-19-14(16-12)17(3)9-13-5-4-6-18-13/h4-6,10-11,15H,7-9H2,1-3H3. The number of rotatable bonds is 7. The Bertz CT molecular complexity index is 477. The van der Waals surface area contributed by atoms with Crippen molar-refractivity contribution >= 4 is 6.01 Å². The zero-order valence-electron chi connectivity index (χ0n) is 11.7. The zero-order valence-corrected chi connectivity index (χ0v) is 11.7. The monoisotopic (exact) mass is 263 g/mol. The van der Waals surface area contributed by atoms with E-state index in [-0.39, 0.29) is 0 Å². The molecule has 0 unspecified atom stereocenters. The van der Waals surface area contributed by atoms with Crippen molar-refractivity contribution in [3.05, 3.63) is 36.1 Å². The average molecular weight is 263 g/mol. The molecule has 0 saturated heterocycles. The molecule has 2 heterocycles. The van der Waals surface area contributed by atoms with Crippen LogP contribution >= 0.6 is 0 Å². The van der Waals surface area contributed by atoms with Gasteiger partial charge in [-0.2, -0.15) is 4.98 Å². The number of nitrogens with one attached hydrogen (secondary N) is 1. The molecule has 0 aliphatic carbocycles. The van der Waals surface area contributed by atoms with Gasteiger partial charge in [0.15, 0.2) is 0 Å². The molecule has 0 fully saturated rings. The maximum atomic E-state index is 5.47. The van der Waals surface area contributed by atoms with Crippen molar-refractivity contribution in [2.75, 3.05) is 18.5 Å². The van der Waals surface area contributed by atoms with Gasteiger partial charge in [-0.3, -0.25) is 0 Å². The van der Waals surface area contributed by atoms with Crippen LogP contribution in [-0.4, -0.2) is 18.6 Å². The normalized spacial score (nSPS) is 11.2. The van der Waals surface area contributed by atoms with Crippen molar-refractivity contribution in [2.24, 2.45) is 5.92 Å². The van der Waals surface area contributed by atoms with E-state index in [1.165, 1.54) is 0 Å². The molecule has 19 heavy (non-hydrogen) atoms. The van der Waals surface area contributed by atoms with Crippen molar-refractivity contribution in [1.29, 1.82) is 0 Å². The van der Waals surface area contributed by atoms with Crippen LogP contribution in [0.2, 0.25) is 0 Å². The maximum absolute atomic E-state index is 5.47. The summed E-state index contributed by atoms with van der Waals surface area (Å²) >= 11 is 0. The lowest BCUT2D eigenvalue weighted by Crippen LogP contribution is -2.19. The first kappa shape index (κ1) is 13.7. The summed E-state index contributed by atoms with van der Waals surface area (Å²) in [7, 11) is 1.93. The minimum Gasteiger partial charge on any atom is -0.467 e.